The third-order valence-electron chi connectivity index (χ3n) is 6.28. The van der Waals surface area contributed by atoms with Crippen molar-refractivity contribution in [3.63, 3.8) is 0 Å². The van der Waals surface area contributed by atoms with Gasteiger partial charge >= 0.3 is 5.97 Å². The van der Waals surface area contributed by atoms with E-state index in [4.69, 9.17) is 9.84 Å². The predicted molar refractivity (Wildman–Crippen MR) is 142 cm³/mol. The first kappa shape index (κ1) is 26.4. The van der Waals surface area contributed by atoms with E-state index in [1.54, 1.807) is 12.1 Å². The molecule has 0 bridgehead atoms. The topological polar surface area (TPSA) is 72.3 Å². The lowest BCUT2D eigenvalue weighted by Crippen LogP contribution is -2.22. The van der Waals surface area contributed by atoms with Crippen molar-refractivity contribution < 1.29 is 14.6 Å². The van der Waals surface area contributed by atoms with Crippen LogP contribution in [0.1, 0.15) is 77.2 Å². The Balaban J connectivity index is 1.45. The number of nitrogens with zero attached hydrogens (tertiary/aromatic N) is 2. The number of aliphatic carboxylic acids is 1. The third kappa shape index (κ3) is 8.82. The quantitative estimate of drug-likeness (QED) is 0.228. The number of carboxylic acids is 1. The van der Waals surface area contributed by atoms with Gasteiger partial charge in [-0.15, -0.1) is 0 Å². The minimum absolute atomic E-state index is 0.517. The summed E-state index contributed by atoms with van der Waals surface area (Å²) in [6, 6.07) is 15.9. The van der Waals surface area contributed by atoms with E-state index in [9.17, 15) is 4.79 Å². The molecule has 0 aliphatic rings. The Morgan fingerprint density at radius 1 is 0.771 bits per heavy atom. The lowest BCUT2D eigenvalue weighted by molar-refractivity contribution is -0.144. The van der Waals surface area contributed by atoms with Gasteiger partial charge in [0.1, 0.15) is 5.75 Å². The number of rotatable bonds is 15. The monoisotopic (exact) mass is 474 g/mol. The summed E-state index contributed by atoms with van der Waals surface area (Å²) in [5.41, 5.74) is 4.23. The Hall–Kier alpha value is -3.21. The lowest BCUT2D eigenvalue weighted by atomic mass is 10.0. The van der Waals surface area contributed by atoms with E-state index in [-0.39, 0.29) is 0 Å². The van der Waals surface area contributed by atoms with Crippen LogP contribution in [-0.2, 0) is 11.2 Å². The number of aryl methyl sites for hydroxylation is 1. The highest BCUT2D eigenvalue weighted by atomic mass is 16.5. The Morgan fingerprint density at radius 2 is 1.31 bits per heavy atom. The summed E-state index contributed by atoms with van der Waals surface area (Å²) in [5.74, 6) is 0.233. The van der Waals surface area contributed by atoms with E-state index >= 15 is 0 Å². The molecule has 1 heterocycles. The van der Waals surface area contributed by atoms with E-state index in [2.05, 4.69) is 41.2 Å². The molecule has 0 saturated carbocycles. The van der Waals surface area contributed by atoms with Crippen molar-refractivity contribution in [2.75, 3.05) is 0 Å². The van der Waals surface area contributed by atoms with Crippen molar-refractivity contribution in [3.8, 4) is 28.3 Å². The van der Waals surface area contributed by atoms with Gasteiger partial charge in [0, 0.05) is 23.5 Å². The van der Waals surface area contributed by atoms with Crippen molar-refractivity contribution in [3.05, 3.63) is 66.5 Å². The van der Waals surface area contributed by atoms with Crippen LogP contribution in [0.2, 0.25) is 0 Å². The van der Waals surface area contributed by atoms with Crippen LogP contribution in [0.3, 0.4) is 0 Å². The molecule has 0 amide bonds. The van der Waals surface area contributed by atoms with Crippen LogP contribution in [-0.4, -0.2) is 27.1 Å². The number of aromatic nitrogens is 2. The van der Waals surface area contributed by atoms with Gasteiger partial charge < -0.3 is 9.84 Å². The summed E-state index contributed by atoms with van der Waals surface area (Å²) in [6.07, 6.45) is 16.0. The van der Waals surface area contributed by atoms with Crippen LogP contribution in [0.5, 0.6) is 5.75 Å². The average molecular weight is 475 g/mol. The van der Waals surface area contributed by atoms with Gasteiger partial charge in [-0.2, -0.15) is 0 Å². The molecule has 1 unspecified atom stereocenters. The zero-order valence-corrected chi connectivity index (χ0v) is 21.1. The number of carbonyl (C=O) groups is 1. The first-order chi connectivity index (χ1) is 17.1. The fourth-order valence-electron chi connectivity index (χ4n) is 4.07. The fourth-order valence-corrected chi connectivity index (χ4v) is 4.07. The average Bonchev–Trinajstić information content (AvgIpc) is 2.88. The van der Waals surface area contributed by atoms with Gasteiger partial charge in [0.05, 0.1) is 0 Å². The van der Waals surface area contributed by atoms with E-state index in [0.29, 0.717) is 11.6 Å². The van der Waals surface area contributed by atoms with E-state index in [1.807, 2.05) is 24.5 Å². The first-order valence-electron chi connectivity index (χ1n) is 13.0. The normalized spacial score (nSPS) is 11.8. The molecule has 3 aromatic rings. The van der Waals surface area contributed by atoms with Gasteiger partial charge in [-0.3, -0.25) is 0 Å². The summed E-state index contributed by atoms with van der Waals surface area (Å²) in [4.78, 5) is 20.0. The molecule has 5 heteroatoms. The van der Waals surface area contributed by atoms with Crippen molar-refractivity contribution in [1.29, 1.82) is 0 Å². The highest BCUT2D eigenvalue weighted by Crippen LogP contribution is 2.24. The van der Waals surface area contributed by atoms with E-state index in [0.717, 1.165) is 23.1 Å². The van der Waals surface area contributed by atoms with Crippen molar-refractivity contribution in [2.24, 2.45) is 0 Å². The predicted octanol–water partition coefficient (Wildman–Crippen LogP) is 7.74. The molecule has 1 N–H and O–H groups in total. The third-order valence-corrected chi connectivity index (χ3v) is 6.28. The molecular formula is C30H38N2O3. The Labute approximate surface area is 209 Å². The molecule has 0 saturated heterocycles. The molecule has 3 rings (SSSR count). The zero-order valence-electron chi connectivity index (χ0n) is 21.1. The highest BCUT2D eigenvalue weighted by Gasteiger charge is 2.12. The fraction of sp³-hybridized carbons (Fsp3) is 0.433. The van der Waals surface area contributed by atoms with Crippen LogP contribution in [0.4, 0.5) is 0 Å². The van der Waals surface area contributed by atoms with Gasteiger partial charge in [0.2, 0.25) is 0 Å². The van der Waals surface area contributed by atoms with Gasteiger partial charge in [-0.05, 0) is 43.0 Å². The van der Waals surface area contributed by atoms with Crippen LogP contribution < -0.4 is 4.74 Å². The zero-order chi connectivity index (χ0) is 24.9. The minimum Gasteiger partial charge on any atom is -0.479 e. The van der Waals surface area contributed by atoms with Crippen molar-refractivity contribution in [1.82, 2.24) is 9.97 Å². The van der Waals surface area contributed by atoms with Crippen LogP contribution >= 0.6 is 0 Å². The molecular weight excluding hydrogens is 436 g/mol. The smallest absolute Gasteiger partial charge is 0.344 e. The molecule has 35 heavy (non-hydrogen) atoms. The van der Waals surface area contributed by atoms with Crippen LogP contribution in [0.25, 0.3) is 22.5 Å². The first-order valence-corrected chi connectivity index (χ1v) is 13.0. The van der Waals surface area contributed by atoms with Gasteiger partial charge in [-0.25, -0.2) is 14.8 Å². The number of hydrogen-bond acceptors (Lipinski definition) is 4. The standard InChI is InChI=1S/C30H38N2O3/c1-3-4-5-6-7-8-9-10-11-12-24-13-15-26(16-14-24)29-31-21-27(22-32-29)25-17-19-28(20-18-25)35-23(2)30(33)34/h13-23H,3-12H2,1-2H3,(H,33,34). The summed E-state index contributed by atoms with van der Waals surface area (Å²) in [7, 11) is 0. The molecule has 0 aliphatic carbocycles. The van der Waals surface area contributed by atoms with Crippen molar-refractivity contribution >= 4 is 5.97 Å². The largest absolute Gasteiger partial charge is 0.479 e. The van der Waals surface area contributed by atoms with Crippen molar-refractivity contribution in [2.45, 2.75) is 84.2 Å². The summed E-state index contributed by atoms with van der Waals surface area (Å²) in [6.45, 7) is 3.77. The highest BCUT2D eigenvalue weighted by molar-refractivity contribution is 5.72. The Morgan fingerprint density at radius 3 is 1.89 bits per heavy atom. The van der Waals surface area contributed by atoms with Gasteiger partial charge in [0.25, 0.3) is 0 Å². The Bertz CT molecular complexity index is 1010. The summed E-state index contributed by atoms with van der Waals surface area (Å²) >= 11 is 0. The number of benzene rings is 2. The molecule has 0 aliphatic heterocycles. The molecule has 0 spiro atoms. The van der Waals surface area contributed by atoms with Crippen LogP contribution in [0.15, 0.2) is 60.9 Å². The SMILES string of the molecule is CCCCCCCCCCCc1ccc(-c2ncc(-c3ccc(OC(C)C(=O)O)cc3)cn2)cc1. The Kier molecular flexibility index (Phi) is 10.7. The van der Waals surface area contributed by atoms with E-state index in [1.165, 1.54) is 70.3 Å². The molecule has 1 atom stereocenters. The minimum atomic E-state index is -0.991. The second-order valence-corrected chi connectivity index (χ2v) is 9.19. The molecule has 186 valence electrons. The second kappa shape index (κ2) is 14.2. The molecule has 2 aromatic carbocycles. The van der Waals surface area contributed by atoms with Gasteiger partial charge in [0.15, 0.2) is 11.9 Å². The maximum atomic E-state index is 10.9. The lowest BCUT2D eigenvalue weighted by Gasteiger charge is -2.10. The molecule has 1 aromatic heterocycles. The number of unbranched alkanes of at least 4 members (excludes halogenated alkanes) is 8. The number of ether oxygens (including phenoxy) is 1. The number of hydrogen-bond donors (Lipinski definition) is 1. The second-order valence-electron chi connectivity index (χ2n) is 9.19. The summed E-state index contributed by atoms with van der Waals surface area (Å²) < 4.78 is 5.38. The number of carboxylic acid groups (broad SMARTS) is 1. The molecule has 0 fully saturated rings. The summed E-state index contributed by atoms with van der Waals surface area (Å²) in [5, 5.41) is 8.96. The molecule has 0 radical (unpaired) electrons. The van der Waals surface area contributed by atoms with E-state index < -0.39 is 12.1 Å². The van der Waals surface area contributed by atoms with Crippen LogP contribution in [0, 0.1) is 0 Å². The maximum absolute atomic E-state index is 10.9. The van der Waals surface area contributed by atoms with Gasteiger partial charge in [-0.1, -0.05) is 94.7 Å². The molecule has 5 nitrogen and oxygen atoms in total. The maximum Gasteiger partial charge on any atom is 0.344 e.